The Morgan fingerprint density at radius 2 is 2.24 bits per heavy atom. The van der Waals surface area contributed by atoms with Crippen molar-refractivity contribution in [1.82, 2.24) is 9.36 Å². The van der Waals surface area contributed by atoms with E-state index in [1.54, 1.807) is 0 Å². The van der Waals surface area contributed by atoms with Gasteiger partial charge in [-0.05, 0) is 26.7 Å². The van der Waals surface area contributed by atoms with Crippen LogP contribution in [0.4, 0.5) is 5.13 Å². The summed E-state index contributed by atoms with van der Waals surface area (Å²) in [5, 5.41) is 12.7. The molecule has 0 aliphatic heterocycles. The van der Waals surface area contributed by atoms with E-state index in [0.717, 1.165) is 23.8 Å². The summed E-state index contributed by atoms with van der Waals surface area (Å²) in [5.41, 5.74) is -0.276. The highest BCUT2D eigenvalue weighted by atomic mass is 32.1. The van der Waals surface area contributed by atoms with Crippen molar-refractivity contribution in [3.63, 3.8) is 0 Å². The Bertz CT molecular complexity index is 377. The summed E-state index contributed by atoms with van der Waals surface area (Å²) >= 11 is 1.33. The number of hydrogen-bond donors (Lipinski definition) is 2. The van der Waals surface area contributed by atoms with Crippen molar-refractivity contribution in [2.45, 2.75) is 52.0 Å². The van der Waals surface area contributed by atoms with Crippen molar-refractivity contribution in [3.8, 4) is 0 Å². The Kier molecular flexibility index (Phi) is 4.86. The van der Waals surface area contributed by atoms with Crippen LogP contribution in [0, 0.1) is 0 Å². The maximum Gasteiger partial charge on any atom is 0.303 e. The van der Waals surface area contributed by atoms with E-state index < -0.39 is 5.97 Å². The molecule has 0 spiro atoms. The van der Waals surface area contributed by atoms with Crippen LogP contribution in [0.15, 0.2) is 0 Å². The molecule has 0 aliphatic carbocycles. The lowest BCUT2D eigenvalue weighted by atomic mass is 9.99. The van der Waals surface area contributed by atoms with Crippen LogP contribution in [0.2, 0.25) is 0 Å². The molecular formula is C11H19N3O2S. The van der Waals surface area contributed by atoms with Crippen molar-refractivity contribution in [1.29, 1.82) is 0 Å². The molecule has 96 valence electrons. The van der Waals surface area contributed by atoms with Crippen molar-refractivity contribution in [3.05, 3.63) is 5.82 Å². The van der Waals surface area contributed by atoms with E-state index in [0.29, 0.717) is 6.42 Å². The van der Waals surface area contributed by atoms with Gasteiger partial charge in [-0.1, -0.05) is 6.92 Å². The molecular weight excluding hydrogens is 238 g/mol. The molecule has 1 aromatic rings. The minimum atomic E-state index is -0.774. The fourth-order valence-corrected chi connectivity index (χ4v) is 2.19. The topological polar surface area (TPSA) is 75.1 Å². The Morgan fingerprint density at radius 1 is 1.53 bits per heavy atom. The molecule has 0 amide bonds. The fourth-order valence-electron chi connectivity index (χ4n) is 1.40. The van der Waals surface area contributed by atoms with Gasteiger partial charge in [0.15, 0.2) is 0 Å². The maximum atomic E-state index is 10.5. The van der Waals surface area contributed by atoms with Crippen molar-refractivity contribution in [2.75, 3.05) is 5.32 Å². The van der Waals surface area contributed by atoms with Crippen molar-refractivity contribution < 1.29 is 9.90 Å². The highest BCUT2D eigenvalue weighted by Gasteiger charge is 2.20. The summed E-state index contributed by atoms with van der Waals surface area (Å²) in [7, 11) is 0. The van der Waals surface area contributed by atoms with Crippen LogP contribution in [-0.2, 0) is 11.2 Å². The third-order valence-corrected chi connectivity index (χ3v) is 3.02. The van der Waals surface area contributed by atoms with Gasteiger partial charge in [-0.15, -0.1) is 0 Å². The molecule has 0 unspecified atom stereocenters. The van der Waals surface area contributed by atoms with Gasteiger partial charge in [0.2, 0.25) is 5.13 Å². The molecule has 0 fully saturated rings. The average Bonchev–Trinajstić information content (AvgIpc) is 2.63. The molecule has 0 aromatic carbocycles. The number of nitrogens with one attached hydrogen (secondary N) is 1. The van der Waals surface area contributed by atoms with E-state index in [1.165, 1.54) is 11.5 Å². The van der Waals surface area contributed by atoms with E-state index in [2.05, 4.69) is 21.6 Å². The molecule has 0 aliphatic rings. The van der Waals surface area contributed by atoms with Crippen molar-refractivity contribution in [2.24, 2.45) is 0 Å². The van der Waals surface area contributed by atoms with E-state index in [9.17, 15) is 4.79 Å². The van der Waals surface area contributed by atoms with Gasteiger partial charge in [0, 0.05) is 29.9 Å². The lowest BCUT2D eigenvalue weighted by molar-refractivity contribution is -0.137. The number of aliphatic carboxylic acids is 1. The molecule has 0 radical (unpaired) electrons. The van der Waals surface area contributed by atoms with E-state index in [-0.39, 0.29) is 12.0 Å². The maximum absolute atomic E-state index is 10.5. The number of nitrogens with zero attached hydrogens (tertiary/aromatic N) is 2. The van der Waals surface area contributed by atoms with Crippen LogP contribution in [0.1, 0.15) is 45.9 Å². The fraction of sp³-hybridized carbons (Fsp3) is 0.727. The SMILES string of the molecule is CCCc1nsc(NC(C)(C)CCC(=O)O)n1. The van der Waals surface area contributed by atoms with Gasteiger partial charge in [0.05, 0.1) is 0 Å². The summed E-state index contributed by atoms with van der Waals surface area (Å²) < 4.78 is 4.24. The van der Waals surface area contributed by atoms with E-state index in [4.69, 9.17) is 5.11 Å². The highest BCUT2D eigenvalue weighted by Crippen LogP contribution is 2.21. The largest absolute Gasteiger partial charge is 0.481 e. The minimum Gasteiger partial charge on any atom is -0.481 e. The van der Waals surface area contributed by atoms with Crippen LogP contribution in [0.5, 0.6) is 0 Å². The second-order valence-electron chi connectivity index (χ2n) is 4.67. The molecule has 1 aromatic heterocycles. The average molecular weight is 257 g/mol. The Labute approximate surface area is 105 Å². The predicted octanol–water partition coefficient (Wildman–Crippen LogP) is 2.55. The lowest BCUT2D eigenvalue weighted by Crippen LogP contribution is -2.31. The molecule has 1 rings (SSSR count). The van der Waals surface area contributed by atoms with Gasteiger partial charge in [0.25, 0.3) is 0 Å². The molecule has 0 saturated heterocycles. The van der Waals surface area contributed by atoms with Crippen LogP contribution >= 0.6 is 11.5 Å². The van der Waals surface area contributed by atoms with E-state index >= 15 is 0 Å². The number of aryl methyl sites for hydroxylation is 1. The van der Waals surface area contributed by atoms with E-state index in [1.807, 2.05) is 13.8 Å². The molecule has 1 heterocycles. The van der Waals surface area contributed by atoms with Gasteiger partial charge in [0.1, 0.15) is 5.82 Å². The lowest BCUT2D eigenvalue weighted by Gasteiger charge is -2.24. The predicted molar refractivity (Wildman–Crippen MR) is 68.5 cm³/mol. The van der Waals surface area contributed by atoms with Gasteiger partial charge < -0.3 is 10.4 Å². The molecule has 0 bridgehead atoms. The van der Waals surface area contributed by atoms with Crippen LogP contribution < -0.4 is 5.32 Å². The van der Waals surface area contributed by atoms with Gasteiger partial charge in [-0.3, -0.25) is 4.79 Å². The summed E-state index contributed by atoms with van der Waals surface area (Å²) in [6.07, 6.45) is 2.62. The van der Waals surface area contributed by atoms with Gasteiger partial charge in [-0.2, -0.15) is 4.37 Å². The minimum absolute atomic E-state index is 0.153. The Balaban J connectivity index is 2.52. The monoisotopic (exact) mass is 257 g/mol. The van der Waals surface area contributed by atoms with Crippen molar-refractivity contribution >= 4 is 22.6 Å². The summed E-state index contributed by atoms with van der Waals surface area (Å²) in [4.78, 5) is 14.9. The normalized spacial score (nSPS) is 11.5. The first-order chi connectivity index (χ1) is 7.93. The number of hydrogen-bond acceptors (Lipinski definition) is 5. The molecule has 0 atom stereocenters. The number of carboxylic acid groups (broad SMARTS) is 1. The summed E-state index contributed by atoms with van der Waals surface area (Å²) in [6.45, 7) is 6.03. The number of carbonyl (C=O) groups is 1. The second kappa shape index (κ2) is 5.95. The first-order valence-corrected chi connectivity index (χ1v) is 6.53. The van der Waals surface area contributed by atoms with Crippen LogP contribution in [-0.4, -0.2) is 26.0 Å². The first kappa shape index (κ1) is 13.9. The third kappa shape index (κ3) is 5.12. The molecule has 5 nitrogen and oxygen atoms in total. The van der Waals surface area contributed by atoms with Gasteiger partial charge >= 0.3 is 5.97 Å². The zero-order valence-corrected chi connectivity index (χ0v) is 11.3. The second-order valence-corrected chi connectivity index (χ2v) is 5.42. The Hall–Kier alpha value is -1.17. The van der Waals surface area contributed by atoms with Crippen LogP contribution in [0.25, 0.3) is 0 Å². The number of aromatic nitrogens is 2. The molecule has 6 heteroatoms. The number of carboxylic acids is 1. The Morgan fingerprint density at radius 3 is 2.82 bits per heavy atom. The molecule has 0 saturated carbocycles. The number of anilines is 1. The first-order valence-electron chi connectivity index (χ1n) is 5.75. The zero-order chi connectivity index (χ0) is 12.9. The highest BCUT2D eigenvalue weighted by molar-refractivity contribution is 7.09. The number of rotatable bonds is 7. The smallest absolute Gasteiger partial charge is 0.303 e. The van der Waals surface area contributed by atoms with Crippen LogP contribution in [0.3, 0.4) is 0 Å². The summed E-state index contributed by atoms with van der Waals surface area (Å²) in [5.74, 6) is 0.0813. The molecule has 17 heavy (non-hydrogen) atoms. The van der Waals surface area contributed by atoms with Gasteiger partial charge in [-0.25, -0.2) is 4.98 Å². The third-order valence-electron chi connectivity index (χ3n) is 2.35. The standard InChI is InChI=1S/C11H19N3O2S/c1-4-5-8-12-10(17-14-8)13-11(2,3)7-6-9(15)16/h4-7H2,1-3H3,(H,15,16)(H,12,13,14). The summed E-state index contributed by atoms with van der Waals surface area (Å²) in [6, 6.07) is 0. The quantitative estimate of drug-likeness (QED) is 0.785. The zero-order valence-electron chi connectivity index (χ0n) is 10.5. The molecule has 2 N–H and O–H groups in total.